The van der Waals surface area contributed by atoms with Gasteiger partial charge in [0.15, 0.2) is 0 Å². The number of urea groups is 1. The Kier molecular flexibility index (Phi) is 8.81. The average Bonchev–Trinajstić information content (AvgIpc) is 3.34. The molecule has 0 saturated carbocycles. The van der Waals surface area contributed by atoms with Crippen LogP contribution in [0.4, 0.5) is 13.6 Å². The summed E-state index contributed by atoms with van der Waals surface area (Å²) in [7, 11) is -4.39. The van der Waals surface area contributed by atoms with Gasteiger partial charge in [0.1, 0.15) is 16.4 Å². The van der Waals surface area contributed by atoms with E-state index in [0.717, 1.165) is 10.8 Å². The number of carbonyl (C=O) groups excluding carboxylic acids is 1. The van der Waals surface area contributed by atoms with Crippen LogP contribution in [0.15, 0.2) is 77.8 Å². The van der Waals surface area contributed by atoms with Gasteiger partial charge in [-0.1, -0.05) is 54.1 Å². The van der Waals surface area contributed by atoms with Crippen LogP contribution >= 0.6 is 11.6 Å². The smallest absolute Gasteiger partial charge is 0.328 e. The number of fused-ring (bicyclic) bond motifs is 2. The number of ether oxygens (including phenoxy) is 2. The second-order valence-corrected chi connectivity index (χ2v) is 12.2. The van der Waals surface area contributed by atoms with Crippen molar-refractivity contribution in [2.75, 3.05) is 19.8 Å². The van der Waals surface area contributed by atoms with Crippen LogP contribution in [-0.2, 0) is 15.9 Å². The second-order valence-electron chi connectivity index (χ2n) is 10.1. The number of sulfonamides is 1. The zero-order chi connectivity index (χ0) is 32.5. The second kappa shape index (κ2) is 12.4. The highest BCUT2D eigenvalue weighted by molar-refractivity contribution is 7.90. The molecule has 0 fully saturated rings. The number of aryl methyl sites for hydroxylation is 1. The lowest BCUT2D eigenvalue weighted by atomic mass is 10.0. The predicted octanol–water partition coefficient (Wildman–Crippen LogP) is 7.03. The molecule has 1 heterocycles. The predicted molar refractivity (Wildman–Crippen MR) is 169 cm³/mol. The van der Waals surface area contributed by atoms with E-state index >= 15 is 8.78 Å². The Morgan fingerprint density at radius 1 is 0.956 bits per heavy atom. The van der Waals surface area contributed by atoms with Crippen LogP contribution in [0.25, 0.3) is 27.2 Å². The number of nitrogens with one attached hydrogen (secondary N) is 2. The molecular weight excluding hydrogens is 628 g/mol. The summed E-state index contributed by atoms with van der Waals surface area (Å²) in [5, 5.41) is 15.8. The van der Waals surface area contributed by atoms with E-state index in [9.17, 15) is 18.3 Å². The number of benzene rings is 4. The lowest BCUT2D eigenvalue weighted by molar-refractivity contribution is -0.000393. The number of alkyl halides is 2. The number of rotatable bonds is 10. The van der Waals surface area contributed by atoms with Crippen LogP contribution in [0.5, 0.6) is 17.4 Å². The first kappa shape index (κ1) is 31.9. The maximum Gasteiger partial charge on any atom is 0.328 e. The Labute approximate surface area is 263 Å². The molecule has 0 spiro atoms. The Hall–Kier alpha value is -4.55. The molecule has 0 saturated heterocycles. The summed E-state index contributed by atoms with van der Waals surface area (Å²) in [6.07, 6.45) is 1.68. The van der Waals surface area contributed by atoms with Crippen LogP contribution < -0.4 is 19.5 Å². The molecule has 0 bridgehead atoms. The lowest BCUT2D eigenvalue weighted by Crippen LogP contribution is -2.43. The van der Waals surface area contributed by atoms with Crippen LogP contribution in [0.1, 0.15) is 25.0 Å². The van der Waals surface area contributed by atoms with Gasteiger partial charge in [0.05, 0.1) is 41.2 Å². The lowest BCUT2D eigenvalue weighted by Gasteiger charge is -2.19. The van der Waals surface area contributed by atoms with Crippen LogP contribution in [-0.4, -0.2) is 43.9 Å². The van der Waals surface area contributed by atoms with Gasteiger partial charge in [-0.3, -0.25) is 4.57 Å². The number of hydrogen-bond acceptors (Lipinski definition) is 6. The molecular formula is C32H30ClF2N3O6S. The summed E-state index contributed by atoms with van der Waals surface area (Å²) in [6.45, 7) is 4.84. The van der Waals surface area contributed by atoms with Gasteiger partial charge in [-0.2, -0.15) is 8.78 Å². The summed E-state index contributed by atoms with van der Waals surface area (Å²) in [5.41, 5.74) is 0.396. The zero-order valence-corrected chi connectivity index (χ0v) is 26.1. The quantitative estimate of drug-likeness (QED) is 0.148. The van der Waals surface area contributed by atoms with E-state index in [-0.39, 0.29) is 15.8 Å². The number of carbonyl (C=O) groups is 1. The van der Waals surface area contributed by atoms with Crippen molar-refractivity contribution in [2.45, 2.75) is 31.6 Å². The summed E-state index contributed by atoms with van der Waals surface area (Å²) < 4.78 is 70.6. The molecule has 0 radical (unpaired) electrons. The van der Waals surface area contributed by atoms with Crippen LogP contribution in [0.2, 0.25) is 5.02 Å². The van der Waals surface area contributed by atoms with E-state index in [0.29, 0.717) is 46.7 Å². The first-order valence-electron chi connectivity index (χ1n) is 14.0. The third kappa shape index (κ3) is 6.07. The van der Waals surface area contributed by atoms with E-state index in [4.69, 9.17) is 21.1 Å². The van der Waals surface area contributed by atoms with Crippen LogP contribution in [0, 0.1) is 6.92 Å². The van der Waals surface area contributed by atoms with E-state index in [1.807, 2.05) is 43.4 Å². The van der Waals surface area contributed by atoms with Crippen molar-refractivity contribution in [1.82, 2.24) is 14.6 Å². The number of amides is 2. The summed E-state index contributed by atoms with van der Waals surface area (Å²) >= 11 is 5.89. The monoisotopic (exact) mass is 657 g/mol. The van der Waals surface area contributed by atoms with Crippen molar-refractivity contribution in [3.63, 3.8) is 0 Å². The molecule has 0 aliphatic carbocycles. The Morgan fingerprint density at radius 3 is 2.22 bits per heavy atom. The summed E-state index contributed by atoms with van der Waals surface area (Å²) in [6, 6.07) is 15.4. The number of halogens is 3. The normalized spacial score (nSPS) is 12.0. The molecule has 0 atom stereocenters. The zero-order valence-electron chi connectivity index (χ0n) is 24.5. The minimum Gasteiger partial charge on any atom is -0.494 e. The fourth-order valence-electron chi connectivity index (χ4n) is 5.15. The molecule has 4 aromatic carbocycles. The topological polar surface area (TPSA) is 119 Å². The minimum absolute atomic E-state index is 0.128. The van der Waals surface area contributed by atoms with Crippen molar-refractivity contribution in [3.05, 3.63) is 89.1 Å². The van der Waals surface area contributed by atoms with Crippen molar-refractivity contribution < 1.29 is 36.6 Å². The molecule has 9 nitrogen and oxygen atoms in total. The summed E-state index contributed by atoms with van der Waals surface area (Å²) in [4.78, 5) is 11.9. The Morgan fingerprint density at radius 2 is 1.58 bits per heavy atom. The number of hydrogen-bond donors (Lipinski definition) is 3. The molecule has 236 valence electrons. The molecule has 13 heteroatoms. The molecule has 0 unspecified atom stereocenters. The van der Waals surface area contributed by atoms with Gasteiger partial charge in [0.2, 0.25) is 5.88 Å². The Bertz CT molecular complexity index is 2030. The van der Waals surface area contributed by atoms with E-state index in [1.165, 1.54) is 47.0 Å². The van der Waals surface area contributed by atoms with Crippen molar-refractivity contribution in [2.24, 2.45) is 0 Å². The van der Waals surface area contributed by atoms with Gasteiger partial charge in [-0.15, -0.1) is 0 Å². The van der Waals surface area contributed by atoms with Gasteiger partial charge in [-0.25, -0.2) is 17.9 Å². The highest BCUT2D eigenvalue weighted by Crippen LogP contribution is 2.48. The van der Waals surface area contributed by atoms with Gasteiger partial charge >= 0.3 is 6.03 Å². The Balaban J connectivity index is 1.44. The molecule has 0 aliphatic heterocycles. The molecule has 5 rings (SSSR count). The van der Waals surface area contributed by atoms with Crippen molar-refractivity contribution >= 4 is 49.2 Å². The number of nitrogens with zero attached hydrogens (tertiary/aromatic N) is 1. The van der Waals surface area contributed by atoms with Crippen molar-refractivity contribution in [1.29, 1.82) is 0 Å². The van der Waals surface area contributed by atoms with E-state index in [1.54, 1.807) is 17.8 Å². The third-order valence-corrected chi connectivity index (χ3v) is 8.98. The summed E-state index contributed by atoms with van der Waals surface area (Å²) in [5.74, 6) is -2.69. The highest BCUT2D eigenvalue weighted by Gasteiger charge is 2.33. The fraction of sp³-hybridized carbons (Fsp3) is 0.219. The maximum atomic E-state index is 15.2. The molecule has 45 heavy (non-hydrogen) atoms. The van der Waals surface area contributed by atoms with E-state index < -0.39 is 34.1 Å². The maximum absolute atomic E-state index is 15.2. The number of aromatic nitrogens is 1. The average molecular weight is 658 g/mol. The van der Waals surface area contributed by atoms with Gasteiger partial charge in [0.25, 0.3) is 15.9 Å². The highest BCUT2D eigenvalue weighted by atomic mass is 35.5. The molecule has 1 aromatic heterocycles. The minimum atomic E-state index is -4.39. The molecule has 3 N–H and O–H groups in total. The molecule has 0 aliphatic rings. The van der Waals surface area contributed by atoms with Gasteiger partial charge < -0.3 is 19.9 Å². The number of aromatic hydroxyl groups is 1. The van der Waals surface area contributed by atoms with Crippen LogP contribution in [0.3, 0.4) is 0 Å². The first-order chi connectivity index (χ1) is 21.4. The standard InChI is InChI=1S/C32H30ClF2N3O6S/c1-4-43-28-21-10-6-7-11-22(21)29(44-5-2)27-23(28)17-38(30(27)39)25-15-14-20(16-19(25)3)32(34,35)18-36-31(40)37-45(41,42)26-13-9-8-12-24(26)33/h6-17,39H,4-5,18H2,1-3H3,(H2,36,37,40). The van der Waals surface area contributed by atoms with Crippen molar-refractivity contribution in [3.8, 4) is 23.1 Å². The third-order valence-electron chi connectivity index (χ3n) is 7.15. The van der Waals surface area contributed by atoms with Gasteiger partial charge in [-0.05, 0) is 50.6 Å². The SMILES string of the molecule is CCOc1c2ccccc2c(OCC)c2c(O)n(-c3ccc(C(F)(F)CNC(=O)NS(=O)(=O)c4ccccc4Cl)cc3C)cc12. The fourth-order valence-corrected chi connectivity index (χ4v) is 6.60. The van der Waals surface area contributed by atoms with E-state index in [2.05, 4.69) is 0 Å². The largest absolute Gasteiger partial charge is 0.494 e. The molecule has 2 amide bonds. The molecule has 5 aromatic rings. The van der Waals surface area contributed by atoms with Gasteiger partial charge in [0, 0.05) is 22.5 Å². The first-order valence-corrected chi connectivity index (χ1v) is 15.8.